The normalized spacial score (nSPS) is 21.6. The molecule has 1 aromatic rings. The van der Waals surface area contributed by atoms with Crippen LogP contribution in [0.4, 0.5) is 0 Å². The van der Waals surface area contributed by atoms with E-state index in [9.17, 15) is 5.11 Å². The smallest absolute Gasteiger partial charge is 0.120 e. The van der Waals surface area contributed by atoms with Crippen molar-refractivity contribution in [3.8, 4) is 5.75 Å². The topological polar surface area (TPSA) is 32.7 Å². The first-order chi connectivity index (χ1) is 9.08. The number of hydrogen-bond acceptors (Lipinski definition) is 3. The van der Waals surface area contributed by atoms with Crippen LogP contribution in [0.1, 0.15) is 31.4 Å². The summed E-state index contributed by atoms with van der Waals surface area (Å²) < 4.78 is 5.51. The number of ether oxygens (including phenoxy) is 1. The highest BCUT2D eigenvalue weighted by atomic mass is 35.5. The average molecular weight is 284 g/mol. The Morgan fingerprint density at radius 3 is 3.00 bits per heavy atom. The number of phenols is 1. The Bertz CT molecular complexity index is 419. The van der Waals surface area contributed by atoms with E-state index in [2.05, 4.69) is 18.9 Å². The molecule has 0 aliphatic carbocycles. The van der Waals surface area contributed by atoms with E-state index in [0.717, 1.165) is 31.7 Å². The van der Waals surface area contributed by atoms with Gasteiger partial charge in [-0.15, -0.1) is 0 Å². The van der Waals surface area contributed by atoms with Crippen LogP contribution >= 0.6 is 11.6 Å². The van der Waals surface area contributed by atoms with Crippen molar-refractivity contribution in [2.75, 3.05) is 26.8 Å². The van der Waals surface area contributed by atoms with Gasteiger partial charge >= 0.3 is 0 Å². The van der Waals surface area contributed by atoms with E-state index in [1.807, 2.05) is 6.07 Å². The van der Waals surface area contributed by atoms with E-state index in [1.165, 1.54) is 6.42 Å². The summed E-state index contributed by atoms with van der Waals surface area (Å²) in [5.41, 5.74) is 0.881. The third-order valence-electron chi connectivity index (χ3n) is 3.90. The van der Waals surface area contributed by atoms with Gasteiger partial charge in [0.2, 0.25) is 0 Å². The molecule has 0 saturated carbocycles. The third kappa shape index (κ3) is 3.85. The fraction of sp³-hybridized carbons (Fsp3) is 0.600. The monoisotopic (exact) mass is 283 g/mol. The Balaban J connectivity index is 2.01. The van der Waals surface area contributed by atoms with Crippen molar-refractivity contribution in [3.05, 3.63) is 28.8 Å². The third-order valence-corrected chi connectivity index (χ3v) is 4.14. The Morgan fingerprint density at radius 1 is 1.53 bits per heavy atom. The molecule has 19 heavy (non-hydrogen) atoms. The molecule has 0 amide bonds. The molecule has 106 valence electrons. The van der Waals surface area contributed by atoms with E-state index in [0.29, 0.717) is 16.7 Å². The first-order valence-electron chi connectivity index (χ1n) is 6.84. The van der Waals surface area contributed by atoms with Gasteiger partial charge in [0.05, 0.1) is 6.61 Å². The molecule has 1 saturated heterocycles. The quantitative estimate of drug-likeness (QED) is 0.918. The molecular weight excluding hydrogens is 262 g/mol. The van der Waals surface area contributed by atoms with Crippen molar-refractivity contribution in [1.29, 1.82) is 0 Å². The molecule has 0 radical (unpaired) electrons. The van der Waals surface area contributed by atoms with Crippen molar-refractivity contribution in [2.24, 2.45) is 5.92 Å². The molecule has 0 spiro atoms. The van der Waals surface area contributed by atoms with Crippen LogP contribution in [-0.4, -0.2) is 36.8 Å². The summed E-state index contributed by atoms with van der Waals surface area (Å²) in [6.07, 6.45) is 2.37. The summed E-state index contributed by atoms with van der Waals surface area (Å²) >= 11 is 6.01. The van der Waals surface area contributed by atoms with Crippen LogP contribution in [0.3, 0.4) is 0 Å². The van der Waals surface area contributed by atoms with Crippen LogP contribution in [0.5, 0.6) is 5.75 Å². The number of rotatable bonds is 4. The minimum Gasteiger partial charge on any atom is -0.508 e. The van der Waals surface area contributed by atoms with Gasteiger partial charge in [0.15, 0.2) is 0 Å². The SMILES string of the molecule is CC(c1cc(Cl)ccc1O)N(C)CC1CCCOC1. The fourth-order valence-electron chi connectivity index (χ4n) is 2.61. The Morgan fingerprint density at radius 2 is 2.32 bits per heavy atom. The number of hydrogen-bond donors (Lipinski definition) is 1. The molecule has 2 rings (SSSR count). The standard InChI is InChI=1S/C15H22ClNO2/c1-11(14-8-13(16)5-6-15(14)18)17(2)9-12-4-3-7-19-10-12/h5-6,8,11-12,18H,3-4,7,9-10H2,1-2H3. The molecule has 1 aliphatic heterocycles. The molecule has 1 fully saturated rings. The van der Waals surface area contributed by atoms with Crippen LogP contribution in [0.25, 0.3) is 0 Å². The van der Waals surface area contributed by atoms with E-state index in [-0.39, 0.29) is 6.04 Å². The largest absolute Gasteiger partial charge is 0.508 e. The van der Waals surface area contributed by atoms with Gasteiger partial charge in [-0.2, -0.15) is 0 Å². The number of phenolic OH excluding ortho intramolecular Hbond substituents is 1. The van der Waals surface area contributed by atoms with E-state index < -0.39 is 0 Å². The Labute approximate surface area is 120 Å². The number of benzene rings is 1. The van der Waals surface area contributed by atoms with Crippen LogP contribution < -0.4 is 0 Å². The van der Waals surface area contributed by atoms with Crippen molar-refractivity contribution >= 4 is 11.6 Å². The molecule has 2 unspecified atom stereocenters. The van der Waals surface area contributed by atoms with Gasteiger partial charge in [0.25, 0.3) is 0 Å². The summed E-state index contributed by atoms with van der Waals surface area (Å²) in [6, 6.07) is 5.35. The molecule has 1 heterocycles. The van der Waals surface area contributed by atoms with Crippen LogP contribution in [0.15, 0.2) is 18.2 Å². The molecule has 0 bridgehead atoms. The predicted molar refractivity (Wildman–Crippen MR) is 77.7 cm³/mol. The number of nitrogens with zero attached hydrogens (tertiary/aromatic N) is 1. The molecule has 0 aromatic heterocycles. The van der Waals surface area contributed by atoms with Crippen molar-refractivity contribution < 1.29 is 9.84 Å². The first-order valence-corrected chi connectivity index (χ1v) is 7.22. The van der Waals surface area contributed by atoms with E-state index in [4.69, 9.17) is 16.3 Å². The highest BCUT2D eigenvalue weighted by molar-refractivity contribution is 6.30. The molecule has 4 heteroatoms. The van der Waals surface area contributed by atoms with Crippen molar-refractivity contribution in [3.63, 3.8) is 0 Å². The van der Waals surface area contributed by atoms with Gasteiger partial charge in [-0.05, 0) is 50.9 Å². The summed E-state index contributed by atoms with van der Waals surface area (Å²) in [6.45, 7) is 4.81. The lowest BCUT2D eigenvalue weighted by Crippen LogP contribution is -2.32. The number of halogens is 1. The zero-order valence-corrected chi connectivity index (χ0v) is 12.4. The van der Waals surface area contributed by atoms with E-state index in [1.54, 1.807) is 12.1 Å². The maximum atomic E-state index is 9.95. The summed E-state index contributed by atoms with van der Waals surface area (Å²) in [7, 11) is 2.08. The zero-order valence-electron chi connectivity index (χ0n) is 11.6. The lowest BCUT2D eigenvalue weighted by molar-refractivity contribution is 0.0370. The summed E-state index contributed by atoms with van der Waals surface area (Å²) in [5.74, 6) is 0.895. The fourth-order valence-corrected chi connectivity index (χ4v) is 2.79. The van der Waals surface area contributed by atoms with Gasteiger partial charge < -0.3 is 9.84 Å². The van der Waals surface area contributed by atoms with Gasteiger partial charge in [0.1, 0.15) is 5.75 Å². The Hall–Kier alpha value is -0.770. The van der Waals surface area contributed by atoms with E-state index >= 15 is 0 Å². The molecule has 3 nitrogen and oxygen atoms in total. The molecule has 1 aromatic carbocycles. The van der Waals surface area contributed by atoms with Crippen LogP contribution in [-0.2, 0) is 4.74 Å². The van der Waals surface area contributed by atoms with Crippen molar-refractivity contribution in [1.82, 2.24) is 4.90 Å². The highest BCUT2D eigenvalue weighted by Crippen LogP contribution is 2.31. The second kappa shape index (κ2) is 6.60. The van der Waals surface area contributed by atoms with Gasteiger partial charge in [-0.1, -0.05) is 11.6 Å². The van der Waals surface area contributed by atoms with Gasteiger partial charge in [-0.3, -0.25) is 4.90 Å². The lowest BCUT2D eigenvalue weighted by atomic mass is 9.99. The summed E-state index contributed by atoms with van der Waals surface area (Å²) in [5, 5.41) is 10.6. The predicted octanol–water partition coefficient (Wildman–Crippen LogP) is 3.47. The summed E-state index contributed by atoms with van der Waals surface area (Å²) in [4.78, 5) is 2.25. The Kier molecular flexibility index (Phi) is 5.08. The second-order valence-corrected chi connectivity index (χ2v) is 5.84. The average Bonchev–Trinajstić information content (AvgIpc) is 2.42. The minimum absolute atomic E-state index is 0.139. The second-order valence-electron chi connectivity index (χ2n) is 5.40. The molecule has 1 N–H and O–H groups in total. The molecular formula is C15H22ClNO2. The molecule has 2 atom stereocenters. The minimum atomic E-state index is 0.139. The first kappa shape index (κ1) is 14.6. The van der Waals surface area contributed by atoms with Crippen LogP contribution in [0, 0.1) is 5.92 Å². The molecule has 1 aliphatic rings. The maximum Gasteiger partial charge on any atom is 0.120 e. The van der Waals surface area contributed by atoms with Gasteiger partial charge in [-0.25, -0.2) is 0 Å². The number of aromatic hydroxyl groups is 1. The zero-order chi connectivity index (χ0) is 13.8. The van der Waals surface area contributed by atoms with Gasteiger partial charge in [0, 0.05) is 29.8 Å². The van der Waals surface area contributed by atoms with Crippen LogP contribution in [0.2, 0.25) is 5.02 Å². The maximum absolute atomic E-state index is 9.95. The lowest BCUT2D eigenvalue weighted by Gasteiger charge is -2.31. The van der Waals surface area contributed by atoms with Crippen molar-refractivity contribution in [2.45, 2.75) is 25.8 Å². The highest BCUT2D eigenvalue weighted by Gasteiger charge is 2.21.